The number of rotatable bonds is 2. The minimum atomic E-state index is 0.520. The van der Waals surface area contributed by atoms with Crippen LogP contribution in [-0.2, 0) is 6.54 Å². The van der Waals surface area contributed by atoms with E-state index in [1.54, 1.807) is 23.7 Å². The fourth-order valence-electron chi connectivity index (χ4n) is 0.981. The van der Waals surface area contributed by atoms with E-state index < -0.39 is 0 Å². The Morgan fingerprint density at radius 1 is 1.54 bits per heavy atom. The third kappa shape index (κ3) is 1.89. The average molecular weight is 259 g/mol. The average Bonchev–Trinajstić information content (AvgIpc) is 2.64. The first kappa shape index (κ1) is 8.71. The summed E-state index contributed by atoms with van der Waals surface area (Å²) >= 11 is 4.95. The number of nitrogen functional groups attached to an aromatic ring is 1. The van der Waals surface area contributed by atoms with Gasteiger partial charge in [0.05, 0.1) is 16.5 Å². The van der Waals surface area contributed by atoms with Crippen LogP contribution in [0.1, 0.15) is 5.01 Å². The molecule has 0 saturated heterocycles. The maximum atomic E-state index is 5.61. The van der Waals surface area contributed by atoms with Crippen molar-refractivity contribution in [3.8, 4) is 0 Å². The molecule has 0 aliphatic rings. The van der Waals surface area contributed by atoms with Crippen molar-refractivity contribution in [2.75, 3.05) is 5.73 Å². The van der Waals surface area contributed by atoms with Crippen LogP contribution in [0.25, 0.3) is 0 Å². The van der Waals surface area contributed by atoms with Crippen LogP contribution < -0.4 is 5.73 Å². The van der Waals surface area contributed by atoms with Crippen molar-refractivity contribution in [3.63, 3.8) is 0 Å². The standard InChI is InChI=1S/C7H7BrN4S/c8-5-3-11-6(13-5)4-12-2-1-10-7(12)9/h1-3H,4H2,(H2,9,10). The van der Waals surface area contributed by atoms with Crippen LogP contribution in [0.3, 0.4) is 0 Å². The number of hydrogen-bond acceptors (Lipinski definition) is 4. The number of thiazole rings is 1. The number of nitrogens with zero attached hydrogens (tertiary/aromatic N) is 3. The van der Waals surface area contributed by atoms with Crippen LogP contribution in [-0.4, -0.2) is 14.5 Å². The van der Waals surface area contributed by atoms with Gasteiger partial charge in [0, 0.05) is 12.4 Å². The molecule has 0 unspecified atom stereocenters. The molecule has 0 saturated carbocycles. The van der Waals surface area contributed by atoms with Gasteiger partial charge >= 0.3 is 0 Å². The van der Waals surface area contributed by atoms with Crippen molar-refractivity contribution in [1.82, 2.24) is 14.5 Å². The lowest BCUT2D eigenvalue weighted by Gasteiger charge is -1.99. The zero-order valence-electron chi connectivity index (χ0n) is 6.64. The van der Waals surface area contributed by atoms with Gasteiger partial charge in [0.2, 0.25) is 0 Å². The Balaban J connectivity index is 2.19. The SMILES string of the molecule is Nc1nccn1Cc1ncc(Br)s1. The summed E-state index contributed by atoms with van der Waals surface area (Å²) in [5, 5.41) is 1.01. The van der Waals surface area contributed by atoms with E-state index in [0.29, 0.717) is 12.5 Å². The molecular formula is C7H7BrN4S. The van der Waals surface area contributed by atoms with Crippen molar-refractivity contribution in [2.24, 2.45) is 0 Å². The molecular weight excluding hydrogens is 252 g/mol. The third-order valence-electron chi connectivity index (χ3n) is 1.58. The van der Waals surface area contributed by atoms with Gasteiger partial charge in [-0.15, -0.1) is 11.3 Å². The highest BCUT2D eigenvalue weighted by Gasteiger charge is 2.02. The molecule has 6 heteroatoms. The van der Waals surface area contributed by atoms with E-state index in [4.69, 9.17) is 5.73 Å². The number of nitrogens with two attached hydrogens (primary N) is 1. The molecule has 0 aliphatic heterocycles. The lowest BCUT2D eigenvalue weighted by Crippen LogP contribution is -2.02. The minimum absolute atomic E-state index is 0.520. The van der Waals surface area contributed by atoms with Crippen molar-refractivity contribution >= 4 is 33.2 Å². The number of hydrogen-bond donors (Lipinski definition) is 1. The molecule has 2 heterocycles. The molecule has 2 rings (SSSR count). The Hall–Kier alpha value is -0.880. The first-order valence-corrected chi connectivity index (χ1v) is 5.23. The second-order valence-electron chi connectivity index (χ2n) is 2.47. The zero-order valence-corrected chi connectivity index (χ0v) is 9.05. The van der Waals surface area contributed by atoms with Crippen LogP contribution in [0.4, 0.5) is 5.95 Å². The van der Waals surface area contributed by atoms with Gasteiger partial charge in [0.25, 0.3) is 0 Å². The van der Waals surface area contributed by atoms with Crippen molar-refractivity contribution in [1.29, 1.82) is 0 Å². The summed E-state index contributed by atoms with van der Waals surface area (Å²) in [5.74, 6) is 0.520. The van der Waals surface area contributed by atoms with Crippen LogP contribution in [0.2, 0.25) is 0 Å². The predicted octanol–water partition coefficient (Wildman–Crippen LogP) is 1.73. The number of halogens is 1. The van der Waals surface area contributed by atoms with Crippen LogP contribution in [0.5, 0.6) is 0 Å². The van der Waals surface area contributed by atoms with Crippen LogP contribution in [0, 0.1) is 0 Å². The summed E-state index contributed by atoms with van der Waals surface area (Å²) in [7, 11) is 0. The van der Waals surface area contributed by atoms with Gasteiger partial charge in [-0.1, -0.05) is 0 Å². The van der Waals surface area contributed by atoms with E-state index in [0.717, 1.165) is 8.79 Å². The summed E-state index contributed by atoms with van der Waals surface area (Å²) in [5.41, 5.74) is 5.61. The normalized spacial score (nSPS) is 10.5. The summed E-state index contributed by atoms with van der Waals surface area (Å²) in [6, 6.07) is 0. The van der Waals surface area contributed by atoms with E-state index in [9.17, 15) is 0 Å². The maximum absolute atomic E-state index is 5.61. The molecule has 68 valence electrons. The Morgan fingerprint density at radius 2 is 2.38 bits per heavy atom. The molecule has 0 aromatic carbocycles. The highest BCUT2D eigenvalue weighted by molar-refractivity contribution is 9.11. The minimum Gasteiger partial charge on any atom is -0.369 e. The Bertz CT molecular complexity index is 408. The molecule has 0 fully saturated rings. The second kappa shape index (κ2) is 3.47. The highest BCUT2D eigenvalue weighted by Crippen LogP contribution is 2.20. The van der Waals surface area contributed by atoms with Gasteiger partial charge in [0.1, 0.15) is 5.01 Å². The fourth-order valence-corrected chi connectivity index (χ4v) is 2.28. The van der Waals surface area contributed by atoms with Gasteiger partial charge in [-0.05, 0) is 15.9 Å². The first-order valence-electron chi connectivity index (χ1n) is 3.62. The molecule has 0 aliphatic carbocycles. The maximum Gasteiger partial charge on any atom is 0.200 e. The van der Waals surface area contributed by atoms with E-state index in [1.165, 1.54) is 0 Å². The molecule has 13 heavy (non-hydrogen) atoms. The predicted molar refractivity (Wildman–Crippen MR) is 55.6 cm³/mol. The van der Waals surface area contributed by atoms with Crippen LogP contribution in [0.15, 0.2) is 22.4 Å². The Kier molecular flexibility index (Phi) is 2.32. The van der Waals surface area contributed by atoms with E-state index in [1.807, 2.05) is 10.8 Å². The van der Waals surface area contributed by atoms with Gasteiger partial charge in [-0.25, -0.2) is 9.97 Å². The molecule has 0 radical (unpaired) electrons. The van der Waals surface area contributed by atoms with Gasteiger partial charge in [-0.3, -0.25) is 0 Å². The molecule has 2 aromatic rings. The number of imidazole rings is 1. The topological polar surface area (TPSA) is 56.7 Å². The molecule has 0 bridgehead atoms. The first-order chi connectivity index (χ1) is 6.25. The van der Waals surface area contributed by atoms with Crippen molar-refractivity contribution in [2.45, 2.75) is 6.54 Å². The summed E-state index contributed by atoms with van der Waals surface area (Å²) < 4.78 is 2.88. The summed E-state index contributed by atoms with van der Waals surface area (Å²) in [6.45, 7) is 0.683. The fraction of sp³-hybridized carbons (Fsp3) is 0.143. The smallest absolute Gasteiger partial charge is 0.200 e. The highest BCUT2D eigenvalue weighted by atomic mass is 79.9. The number of anilines is 1. The largest absolute Gasteiger partial charge is 0.369 e. The monoisotopic (exact) mass is 258 g/mol. The summed E-state index contributed by atoms with van der Waals surface area (Å²) in [4.78, 5) is 8.12. The Morgan fingerprint density at radius 3 is 2.92 bits per heavy atom. The molecule has 0 amide bonds. The molecule has 4 nitrogen and oxygen atoms in total. The molecule has 0 atom stereocenters. The second-order valence-corrected chi connectivity index (χ2v) is 4.97. The molecule has 2 N–H and O–H groups in total. The quantitative estimate of drug-likeness (QED) is 0.893. The van der Waals surface area contributed by atoms with Crippen LogP contribution >= 0.6 is 27.3 Å². The third-order valence-corrected chi connectivity index (χ3v) is 3.04. The van der Waals surface area contributed by atoms with E-state index in [-0.39, 0.29) is 0 Å². The van der Waals surface area contributed by atoms with Gasteiger partial charge < -0.3 is 10.3 Å². The molecule has 0 spiro atoms. The van der Waals surface area contributed by atoms with Gasteiger partial charge in [0.15, 0.2) is 5.95 Å². The van der Waals surface area contributed by atoms with E-state index in [2.05, 4.69) is 25.9 Å². The van der Waals surface area contributed by atoms with E-state index >= 15 is 0 Å². The lowest BCUT2D eigenvalue weighted by molar-refractivity contribution is 0.803. The van der Waals surface area contributed by atoms with Gasteiger partial charge in [-0.2, -0.15) is 0 Å². The number of aromatic nitrogens is 3. The van der Waals surface area contributed by atoms with Crippen molar-refractivity contribution < 1.29 is 0 Å². The van der Waals surface area contributed by atoms with Crippen molar-refractivity contribution in [3.05, 3.63) is 27.4 Å². The summed E-state index contributed by atoms with van der Waals surface area (Å²) in [6.07, 6.45) is 5.30. The Labute approximate surface area is 87.6 Å². The molecule has 2 aromatic heterocycles. The zero-order chi connectivity index (χ0) is 9.26. The lowest BCUT2D eigenvalue weighted by atomic mass is 10.6.